The minimum absolute atomic E-state index is 0.188. The number of carbonyl (C=O) groups is 1. The molecule has 0 aromatic carbocycles. The number of amides is 1. The summed E-state index contributed by atoms with van der Waals surface area (Å²) in [5, 5.41) is 11.2. The van der Waals surface area contributed by atoms with E-state index < -0.39 is 23.3 Å². The largest absolute Gasteiger partial charge is 0.432 e. The number of halogens is 3. The zero-order valence-corrected chi connectivity index (χ0v) is 11.9. The van der Waals surface area contributed by atoms with Crippen molar-refractivity contribution >= 4 is 11.7 Å². The van der Waals surface area contributed by atoms with Crippen LogP contribution >= 0.6 is 0 Å². The fourth-order valence-electron chi connectivity index (χ4n) is 1.83. The third kappa shape index (κ3) is 2.85. The molecule has 0 aliphatic carbocycles. The lowest BCUT2D eigenvalue weighted by atomic mass is 10.1. The van der Waals surface area contributed by atoms with Crippen molar-refractivity contribution in [2.75, 3.05) is 5.32 Å². The van der Waals surface area contributed by atoms with Crippen molar-refractivity contribution in [2.24, 2.45) is 7.05 Å². The van der Waals surface area contributed by atoms with E-state index in [1.54, 1.807) is 12.0 Å². The van der Waals surface area contributed by atoms with Gasteiger partial charge in [-0.05, 0) is 19.4 Å². The monoisotopic (exact) mass is 315 g/mol. The van der Waals surface area contributed by atoms with Gasteiger partial charge < -0.3 is 5.32 Å². The maximum atomic E-state index is 12.5. The third-order valence-corrected chi connectivity index (χ3v) is 3.08. The Hall–Kier alpha value is -2.65. The van der Waals surface area contributed by atoms with E-state index >= 15 is 0 Å². The number of H-pyrrole nitrogens is 1. The maximum Gasteiger partial charge on any atom is 0.432 e. The summed E-state index contributed by atoms with van der Waals surface area (Å²) in [6.07, 6.45) is -4.60. The fourth-order valence-corrected chi connectivity index (χ4v) is 1.83. The van der Waals surface area contributed by atoms with Crippen LogP contribution in [-0.4, -0.2) is 25.9 Å². The normalized spacial score (nSPS) is 11.5. The first-order valence-electron chi connectivity index (χ1n) is 6.09. The van der Waals surface area contributed by atoms with Crippen molar-refractivity contribution in [3.05, 3.63) is 38.9 Å². The van der Waals surface area contributed by atoms with E-state index in [9.17, 15) is 22.8 Å². The molecular formula is C12H12F3N5O2. The number of carbonyl (C=O) groups excluding carboxylic acids is 1. The number of hydrogen-bond acceptors (Lipinski definition) is 4. The predicted molar refractivity (Wildman–Crippen MR) is 70.5 cm³/mol. The molecule has 0 radical (unpaired) electrons. The van der Waals surface area contributed by atoms with Crippen LogP contribution in [0.5, 0.6) is 0 Å². The van der Waals surface area contributed by atoms with Gasteiger partial charge in [-0.2, -0.15) is 23.4 Å². The van der Waals surface area contributed by atoms with Crippen molar-refractivity contribution in [1.29, 1.82) is 0 Å². The second-order valence-corrected chi connectivity index (χ2v) is 4.63. The zero-order valence-electron chi connectivity index (χ0n) is 11.9. The quantitative estimate of drug-likeness (QED) is 0.876. The van der Waals surface area contributed by atoms with Gasteiger partial charge in [-0.25, -0.2) is 4.68 Å². The van der Waals surface area contributed by atoms with E-state index in [2.05, 4.69) is 15.5 Å². The lowest BCUT2D eigenvalue weighted by Crippen LogP contribution is -2.31. The van der Waals surface area contributed by atoms with Gasteiger partial charge >= 0.3 is 6.18 Å². The van der Waals surface area contributed by atoms with Gasteiger partial charge in [-0.3, -0.25) is 14.7 Å². The summed E-state index contributed by atoms with van der Waals surface area (Å²) in [6, 6.07) is 0.645. The zero-order chi connectivity index (χ0) is 16.7. The summed E-state index contributed by atoms with van der Waals surface area (Å²) in [4.78, 5) is 24.1. The molecule has 7 nitrogen and oxygen atoms in total. The molecule has 22 heavy (non-hydrogen) atoms. The van der Waals surface area contributed by atoms with Gasteiger partial charge in [0, 0.05) is 13.1 Å². The van der Waals surface area contributed by atoms with Crippen molar-refractivity contribution < 1.29 is 18.0 Å². The SMILES string of the molecule is Cc1nn(C)c(=O)c(C(=O)Nc2cc(C(F)(F)F)[nH]n2)c1C. The molecule has 0 spiro atoms. The Morgan fingerprint density at radius 1 is 1.36 bits per heavy atom. The molecule has 2 heterocycles. The van der Waals surface area contributed by atoms with Crippen LogP contribution < -0.4 is 10.9 Å². The van der Waals surface area contributed by atoms with Crippen LogP contribution in [0.4, 0.5) is 19.0 Å². The number of hydrogen-bond donors (Lipinski definition) is 2. The lowest BCUT2D eigenvalue weighted by molar-refractivity contribution is -0.141. The molecule has 0 fully saturated rings. The van der Waals surface area contributed by atoms with E-state index in [1.165, 1.54) is 14.0 Å². The second kappa shape index (κ2) is 5.28. The summed E-state index contributed by atoms with van der Waals surface area (Å²) >= 11 is 0. The highest BCUT2D eigenvalue weighted by atomic mass is 19.4. The molecule has 0 saturated carbocycles. The average molecular weight is 315 g/mol. The molecule has 2 aromatic heterocycles. The molecule has 1 amide bonds. The number of nitrogens with one attached hydrogen (secondary N) is 2. The van der Waals surface area contributed by atoms with Crippen molar-refractivity contribution in [1.82, 2.24) is 20.0 Å². The standard InChI is InChI=1S/C12H12F3N5O2/c1-5-6(2)19-20(3)11(22)9(5)10(21)16-8-4-7(17-18-8)12(13,14)15/h4H,1-3H3,(H2,16,17,18,21). The number of rotatable bonds is 2. The molecule has 0 atom stereocenters. The van der Waals surface area contributed by atoms with E-state index in [0.717, 1.165) is 4.68 Å². The van der Waals surface area contributed by atoms with E-state index in [1.807, 2.05) is 0 Å². The number of aromatic amines is 1. The minimum Gasteiger partial charge on any atom is -0.305 e. The highest BCUT2D eigenvalue weighted by Gasteiger charge is 2.33. The van der Waals surface area contributed by atoms with Gasteiger partial charge in [0.15, 0.2) is 5.82 Å². The Kier molecular flexibility index (Phi) is 3.77. The van der Waals surface area contributed by atoms with Crippen LogP contribution in [0.3, 0.4) is 0 Å². The molecule has 2 N–H and O–H groups in total. The van der Waals surface area contributed by atoms with Crippen molar-refractivity contribution in [3.8, 4) is 0 Å². The summed E-state index contributed by atoms with van der Waals surface area (Å²) in [7, 11) is 1.38. The first kappa shape index (κ1) is 15.7. The summed E-state index contributed by atoms with van der Waals surface area (Å²) in [5.41, 5.74) is -1.12. The number of anilines is 1. The molecule has 2 rings (SSSR count). The topological polar surface area (TPSA) is 92.7 Å². The van der Waals surface area contributed by atoms with Crippen molar-refractivity contribution in [3.63, 3.8) is 0 Å². The highest BCUT2D eigenvalue weighted by Crippen LogP contribution is 2.28. The van der Waals surface area contributed by atoms with Gasteiger partial charge in [-0.1, -0.05) is 0 Å². The van der Waals surface area contributed by atoms with Crippen LogP contribution in [0.25, 0.3) is 0 Å². The Bertz CT molecular complexity index is 791. The maximum absolute atomic E-state index is 12.5. The van der Waals surface area contributed by atoms with Gasteiger partial charge in [0.2, 0.25) is 0 Å². The van der Waals surface area contributed by atoms with E-state index in [-0.39, 0.29) is 11.4 Å². The number of aryl methyl sites for hydroxylation is 2. The molecule has 0 aliphatic rings. The molecule has 118 valence electrons. The van der Waals surface area contributed by atoms with Crippen LogP contribution in [0.1, 0.15) is 27.3 Å². The van der Waals surface area contributed by atoms with Gasteiger partial charge in [-0.15, -0.1) is 0 Å². The molecule has 2 aromatic rings. The summed E-state index contributed by atoms with van der Waals surface area (Å²) < 4.78 is 38.3. The highest BCUT2D eigenvalue weighted by molar-refractivity contribution is 6.04. The molecule has 10 heteroatoms. The molecule has 0 bridgehead atoms. The minimum atomic E-state index is -4.60. The predicted octanol–water partition coefficient (Wildman–Crippen LogP) is 1.39. The summed E-state index contributed by atoms with van der Waals surface area (Å²) in [5.74, 6) is -1.17. The van der Waals surface area contributed by atoms with Gasteiger partial charge in [0.1, 0.15) is 11.3 Å². The first-order valence-corrected chi connectivity index (χ1v) is 6.09. The molecular weight excluding hydrogens is 303 g/mol. The second-order valence-electron chi connectivity index (χ2n) is 4.63. The lowest BCUT2D eigenvalue weighted by Gasteiger charge is -2.09. The Balaban J connectivity index is 2.35. The molecule has 0 saturated heterocycles. The Morgan fingerprint density at radius 2 is 2.00 bits per heavy atom. The van der Waals surface area contributed by atoms with Crippen LogP contribution in [0.2, 0.25) is 0 Å². The Labute approximate surface area is 122 Å². The number of alkyl halides is 3. The molecule has 0 aliphatic heterocycles. The third-order valence-electron chi connectivity index (χ3n) is 3.08. The summed E-state index contributed by atoms with van der Waals surface area (Å²) in [6.45, 7) is 3.15. The molecule has 0 unspecified atom stereocenters. The van der Waals surface area contributed by atoms with Gasteiger partial charge in [0.05, 0.1) is 5.69 Å². The smallest absolute Gasteiger partial charge is 0.305 e. The first-order chi connectivity index (χ1) is 10.1. The number of aromatic nitrogens is 4. The van der Waals surface area contributed by atoms with E-state index in [4.69, 9.17) is 0 Å². The number of nitrogens with zero attached hydrogens (tertiary/aromatic N) is 3. The van der Waals surface area contributed by atoms with Crippen molar-refractivity contribution in [2.45, 2.75) is 20.0 Å². The van der Waals surface area contributed by atoms with Gasteiger partial charge in [0.25, 0.3) is 11.5 Å². The average Bonchev–Trinajstić information content (AvgIpc) is 2.85. The Morgan fingerprint density at radius 3 is 2.55 bits per heavy atom. The fraction of sp³-hybridized carbons (Fsp3) is 0.333. The van der Waals surface area contributed by atoms with Crippen LogP contribution in [0.15, 0.2) is 10.9 Å². The van der Waals surface area contributed by atoms with E-state index in [0.29, 0.717) is 17.3 Å². The van der Waals surface area contributed by atoms with Crippen LogP contribution in [-0.2, 0) is 13.2 Å². The van der Waals surface area contributed by atoms with Crippen LogP contribution in [0, 0.1) is 13.8 Å².